The molecule has 1 spiro atoms. The second-order valence-corrected chi connectivity index (χ2v) is 11.4. The monoisotopic (exact) mass is 578 g/mol. The van der Waals surface area contributed by atoms with Crippen LogP contribution in [0.3, 0.4) is 0 Å². The molecule has 212 valence electrons. The van der Waals surface area contributed by atoms with Crippen LogP contribution in [0, 0.1) is 11.6 Å². The van der Waals surface area contributed by atoms with Crippen LogP contribution in [0.25, 0.3) is 0 Å². The number of carbonyl (C=O) groups excluding carboxylic acids is 1. The zero-order valence-corrected chi connectivity index (χ0v) is 21.8. The van der Waals surface area contributed by atoms with E-state index in [4.69, 9.17) is 14.2 Å². The summed E-state index contributed by atoms with van der Waals surface area (Å²) in [6.07, 6.45) is 2.57. The fraction of sp³-hybridized carbons (Fsp3) is 0.400. The quantitative estimate of drug-likeness (QED) is 0.380. The van der Waals surface area contributed by atoms with Crippen LogP contribution >= 0.6 is 0 Å². The summed E-state index contributed by atoms with van der Waals surface area (Å²) in [5.41, 5.74) is 1.02. The van der Waals surface area contributed by atoms with E-state index >= 15 is 0 Å². The number of fused-ring (bicyclic) bond motifs is 2. The van der Waals surface area contributed by atoms with E-state index in [-0.39, 0.29) is 49.2 Å². The molecule has 2 saturated heterocycles. The summed E-state index contributed by atoms with van der Waals surface area (Å²) in [7, 11) is -4.06. The number of carbonyl (C=O) groups is 1. The van der Waals surface area contributed by atoms with Crippen LogP contribution in [0.2, 0.25) is 0 Å². The summed E-state index contributed by atoms with van der Waals surface area (Å²) in [6, 6.07) is 6.57. The number of aryl methyl sites for hydroxylation is 1. The second-order valence-electron chi connectivity index (χ2n) is 9.55. The van der Waals surface area contributed by atoms with E-state index in [9.17, 15) is 26.4 Å². The van der Waals surface area contributed by atoms with Gasteiger partial charge in [-0.15, -0.1) is 5.10 Å². The molecule has 0 radical (unpaired) electrons. The first-order chi connectivity index (χ1) is 19.2. The number of alkyl halides is 1. The van der Waals surface area contributed by atoms with Crippen molar-refractivity contribution >= 4 is 21.6 Å². The first-order valence-electron chi connectivity index (χ1n) is 12.5. The fourth-order valence-electron chi connectivity index (χ4n) is 5.16. The van der Waals surface area contributed by atoms with Gasteiger partial charge in [0.15, 0.2) is 18.4 Å². The van der Waals surface area contributed by atoms with Gasteiger partial charge in [0.2, 0.25) is 10.0 Å². The van der Waals surface area contributed by atoms with Gasteiger partial charge >= 0.3 is 0 Å². The van der Waals surface area contributed by atoms with Crippen molar-refractivity contribution in [3.63, 3.8) is 0 Å². The van der Waals surface area contributed by atoms with E-state index in [1.807, 2.05) is 0 Å². The number of benzene rings is 2. The summed E-state index contributed by atoms with van der Waals surface area (Å²) >= 11 is 0. The molecule has 3 aromatic rings. The van der Waals surface area contributed by atoms with E-state index in [0.29, 0.717) is 30.3 Å². The Morgan fingerprint density at radius 2 is 1.98 bits per heavy atom. The molecule has 1 atom stereocenters. The molecule has 1 amide bonds. The number of amides is 1. The first-order valence-corrected chi connectivity index (χ1v) is 14.0. The highest BCUT2D eigenvalue weighted by Gasteiger charge is 2.59. The SMILES string of the molecule is O=C1N(Cc2cn(CC[18F])nn2)c2ccc(S(=O)(=O)N3CCC[C@H]3COc3ccc(F)cc3F)cc2C12OCO2. The Balaban J connectivity index is 1.25. The topological polar surface area (TPSA) is 116 Å². The summed E-state index contributed by atoms with van der Waals surface area (Å²) < 4.78 is 86.5. The van der Waals surface area contributed by atoms with E-state index in [2.05, 4.69) is 10.3 Å². The van der Waals surface area contributed by atoms with Crippen LogP contribution in [0.5, 0.6) is 5.75 Å². The van der Waals surface area contributed by atoms with Crippen LogP contribution in [0.4, 0.5) is 18.9 Å². The highest BCUT2D eigenvalue weighted by Crippen LogP contribution is 2.49. The Kier molecular flexibility index (Phi) is 6.76. The van der Waals surface area contributed by atoms with Gasteiger partial charge in [0.25, 0.3) is 11.7 Å². The van der Waals surface area contributed by atoms with Gasteiger partial charge in [-0.1, -0.05) is 5.21 Å². The lowest BCUT2D eigenvalue weighted by molar-refractivity contribution is -0.380. The van der Waals surface area contributed by atoms with E-state index in [1.165, 1.54) is 38.3 Å². The van der Waals surface area contributed by atoms with Gasteiger partial charge in [0, 0.05) is 18.2 Å². The predicted octanol–water partition coefficient (Wildman–Crippen LogP) is 2.46. The Morgan fingerprint density at radius 3 is 2.70 bits per heavy atom. The molecular weight excluding hydrogens is 554 g/mol. The van der Waals surface area contributed by atoms with Gasteiger partial charge in [-0.2, -0.15) is 4.31 Å². The molecule has 3 aliphatic heterocycles. The average Bonchev–Trinajstić information content (AvgIpc) is 3.61. The van der Waals surface area contributed by atoms with Crippen LogP contribution in [-0.2, 0) is 43.2 Å². The lowest BCUT2D eigenvalue weighted by Gasteiger charge is -2.36. The van der Waals surface area contributed by atoms with Gasteiger partial charge in [-0.3, -0.25) is 4.79 Å². The largest absolute Gasteiger partial charge is 0.489 e. The van der Waals surface area contributed by atoms with Crippen LogP contribution in [0.15, 0.2) is 47.5 Å². The molecule has 2 fully saturated rings. The molecule has 1 aromatic heterocycles. The predicted molar refractivity (Wildman–Crippen MR) is 131 cm³/mol. The van der Waals surface area contributed by atoms with Crippen molar-refractivity contribution in [2.24, 2.45) is 0 Å². The van der Waals surface area contributed by atoms with Gasteiger partial charge in [-0.25, -0.2) is 26.3 Å². The zero-order valence-electron chi connectivity index (χ0n) is 21.0. The van der Waals surface area contributed by atoms with Crippen molar-refractivity contribution in [3.05, 3.63) is 65.5 Å². The maximum atomic E-state index is 14.0. The molecule has 6 rings (SSSR count). The van der Waals surface area contributed by atoms with E-state index in [1.54, 1.807) is 0 Å². The van der Waals surface area contributed by atoms with Crippen LogP contribution in [0.1, 0.15) is 24.1 Å². The van der Waals surface area contributed by atoms with Crippen LogP contribution in [-0.4, -0.2) is 66.3 Å². The molecule has 0 unspecified atom stereocenters. The second kappa shape index (κ2) is 10.1. The van der Waals surface area contributed by atoms with E-state index in [0.717, 1.165) is 12.1 Å². The number of halogens is 3. The minimum Gasteiger partial charge on any atom is -0.489 e. The molecule has 0 saturated carbocycles. The standard InChI is InChI=1S/C25H24F3N5O6S/c26-7-9-31-12-17(29-30-31)13-32-22-5-4-19(11-20(22)25(24(32)34)38-15-39-25)40(35,36)33-8-1-2-18(33)14-37-23-6-3-16(27)10-21(23)28/h3-6,10-12,18H,1-2,7-9,13-15H2/t18-/m0/s1/i26-1. The average molecular weight is 579 g/mol. The van der Waals surface area contributed by atoms with Crippen molar-refractivity contribution < 1.29 is 40.6 Å². The number of ether oxygens (including phenoxy) is 3. The molecule has 11 nitrogen and oxygen atoms in total. The third-order valence-electron chi connectivity index (χ3n) is 7.14. The van der Waals surface area contributed by atoms with E-state index < -0.39 is 46.1 Å². The lowest BCUT2D eigenvalue weighted by atomic mass is 10.1. The van der Waals surface area contributed by atoms with Gasteiger partial charge < -0.3 is 19.1 Å². The molecule has 0 bridgehead atoms. The number of hydrogen-bond donors (Lipinski definition) is 0. The Bertz CT molecular complexity index is 1560. The Hall–Kier alpha value is -3.53. The van der Waals surface area contributed by atoms with Crippen molar-refractivity contribution in [2.75, 3.05) is 31.5 Å². The summed E-state index contributed by atoms with van der Waals surface area (Å²) in [4.78, 5) is 14.7. The summed E-state index contributed by atoms with van der Waals surface area (Å²) in [6.45, 7) is -0.659. The van der Waals surface area contributed by atoms with Gasteiger partial charge in [-0.05, 0) is 43.2 Å². The molecule has 2 aromatic carbocycles. The third-order valence-corrected chi connectivity index (χ3v) is 9.09. The minimum atomic E-state index is -4.06. The smallest absolute Gasteiger partial charge is 0.293 e. The number of aromatic nitrogens is 3. The van der Waals surface area contributed by atoms with Gasteiger partial charge in [0.1, 0.15) is 24.8 Å². The Labute approximate surface area is 227 Å². The number of hydrogen-bond acceptors (Lipinski definition) is 8. The normalized spacial score (nSPS) is 20.2. The zero-order chi connectivity index (χ0) is 28.1. The fourth-order valence-corrected chi connectivity index (χ4v) is 6.87. The maximum Gasteiger partial charge on any atom is 0.293 e. The summed E-state index contributed by atoms with van der Waals surface area (Å²) in [5.74, 6) is -4.12. The van der Waals surface area contributed by atoms with Crippen molar-refractivity contribution in [1.29, 1.82) is 0 Å². The van der Waals surface area contributed by atoms with Crippen molar-refractivity contribution in [3.8, 4) is 5.75 Å². The number of sulfonamides is 1. The highest BCUT2D eigenvalue weighted by molar-refractivity contribution is 7.89. The molecule has 0 aliphatic carbocycles. The Morgan fingerprint density at radius 1 is 1.15 bits per heavy atom. The van der Waals surface area contributed by atoms with Crippen LogP contribution < -0.4 is 9.64 Å². The molecule has 3 aliphatic rings. The minimum absolute atomic E-state index is 0.00975. The molecular formula is C25H24F3N5O6S. The third kappa shape index (κ3) is 4.42. The molecule has 4 heterocycles. The lowest BCUT2D eigenvalue weighted by Crippen LogP contribution is -2.51. The molecule has 0 N–H and O–H groups in total. The molecule has 15 heteroatoms. The number of anilines is 1. The first kappa shape index (κ1) is 26.7. The molecule has 40 heavy (non-hydrogen) atoms. The van der Waals surface area contributed by atoms with Crippen molar-refractivity contribution in [1.82, 2.24) is 19.3 Å². The number of nitrogens with zero attached hydrogens (tertiary/aromatic N) is 5. The summed E-state index contributed by atoms with van der Waals surface area (Å²) in [5, 5.41) is 7.81. The van der Waals surface area contributed by atoms with Crippen molar-refractivity contribution in [2.45, 2.75) is 42.7 Å². The van der Waals surface area contributed by atoms with Gasteiger partial charge in [0.05, 0.1) is 35.9 Å². The maximum absolute atomic E-state index is 14.0. The number of rotatable bonds is 9. The highest BCUT2D eigenvalue weighted by atomic mass is 32.2.